The largest absolute Gasteiger partial charge is 0.388 e. The second kappa shape index (κ2) is 4.44. The van der Waals surface area contributed by atoms with Crippen LogP contribution in [0, 0.1) is 23.7 Å². The molecule has 108 valence electrons. The van der Waals surface area contributed by atoms with Crippen LogP contribution < -0.4 is 0 Å². The van der Waals surface area contributed by atoms with E-state index < -0.39 is 0 Å². The fourth-order valence-corrected chi connectivity index (χ4v) is 5.67. The van der Waals surface area contributed by atoms with Gasteiger partial charge in [-0.3, -0.25) is 4.90 Å². The molecule has 3 nitrogen and oxygen atoms in total. The summed E-state index contributed by atoms with van der Waals surface area (Å²) in [5.74, 6) is 3.04. The van der Waals surface area contributed by atoms with Crippen molar-refractivity contribution in [2.45, 2.75) is 37.7 Å². The molecule has 3 saturated carbocycles. The minimum atomic E-state index is -0.341. The number of piperazine rings is 1. The molecule has 5 atom stereocenters. The Hall–Kier alpha value is -0.120. The maximum Gasteiger partial charge on any atom is 0.0832 e. The molecule has 1 aliphatic heterocycles. The minimum absolute atomic E-state index is 0.341. The van der Waals surface area contributed by atoms with E-state index in [9.17, 15) is 5.11 Å². The number of likely N-dealkylation sites (N-methyl/N-ethyl adjacent to an activating group) is 1. The van der Waals surface area contributed by atoms with E-state index in [0.29, 0.717) is 11.8 Å². The van der Waals surface area contributed by atoms with Gasteiger partial charge in [-0.05, 0) is 62.8 Å². The van der Waals surface area contributed by atoms with Crippen molar-refractivity contribution in [3.8, 4) is 0 Å². The van der Waals surface area contributed by atoms with Crippen molar-refractivity contribution in [3.05, 3.63) is 0 Å². The van der Waals surface area contributed by atoms with Crippen LogP contribution in [0.3, 0.4) is 0 Å². The van der Waals surface area contributed by atoms with Gasteiger partial charge < -0.3 is 10.0 Å². The zero-order chi connectivity index (χ0) is 13.0. The third-order valence-electron chi connectivity index (χ3n) is 6.72. The van der Waals surface area contributed by atoms with Gasteiger partial charge in [-0.15, -0.1) is 0 Å². The predicted octanol–water partition coefficient (Wildman–Crippen LogP) is 1.42. The smallest absolute Gasteiger partial charge is 0.0832 e. The van der Waals surface area contributed by atoms with Gasteiger partial charge in [-0.25, -0.2) is 0 Å². The Morgan fingerprint density at radius 1 is 1.05 bits per heavy atom. The average Bonchev–Trinajstić information content (AvgIpc) is 2.62. The number of β-amino-alcohol motifs (C(OH)–C–C–N with tert-alkyl or cyclic N) is 1. The van der Waals surface area contributed by atoms with Crippen LogP contribution in [0.4, 0.5) is 0 Å². The van der Waals surface area contributed by atoms with Gasteiger partial charge in [-0.2, -0.15) is 0 Å². The molecule has 4 rings (SSSR count). The number of fused-ring (bicyclic) bond motifs is 2. The summed E-state index contributed by atoms with van der Waals surface area (Å²) in [6, 6.07) is 0. The molecule has 19 heavy (non-hydrogen) atoms. The molecule has 4 fully saturated rings. The Morgan fingerprint density at radius 2 is 1.84 bits per heavy atom. The van der Waals surface area contributed by atoms with Crippen LogP contribution in [0.5, 0.6) is 0 Å². The molecule has 0 spiro atoms. The molecule has 0 aromatic rings. The molecular weight excluding hydrogens is 236 g/mol. The molecule has 3 heteroatoms. The summed E-state index contributed by atoms with van der Waals surface area (Å²) in [6.45, 7) is 5.58. The van der Waals surface area contributed by atoms with Gasteiger partial charge in [0.2, 0.25) is 0 Å². The van der Waals surface area contributed by atoms with Crippen molar-refractivity contribution in [3.63, 3.8) is 0 Å². The van der Waals surface area contributed by atoms with Crippen molar-refractivity contribution in [1.29, 1.82) is 0 Å². The first kappa shape index (κ1) is 12.6. The van der Waals surface area contributed by atoms with Gasteiger partial charge in [0.15, 0.2) is 0 Å². The lowest BCUT2D eigenvalue weighted by molar-refractivity contribution is -0.141. The molecule has 1 heterocycles. The Morgan fingerprint density at radius 3 is 2.63 bits per heavy atom. The van der Waals surface area contributed by atoms with Crippen LogP contribution in [0.1, 0.15) is 32.1 Å². The highest BCUT2D eigenvalue weighted by atomic mass is 16.3. The molecule has 0 amide bonds. The first-order chi connectivity index (χ1) is 9.15. The highest BCUT2D eigenvalue weighted by Gasteiger charge is 2.58. The van der Waals surface area contributed by atoms with Gasteiger partial charge in [0.25, 0.3) is 0 Å². The Labute approximate surface area is 117 Å². The van der Waals surface area contributed by atoms with Crippen LogP contribution in [0.15, 0.2) is 0 Å². The second-order valence-electron chi connectivity index (χ2n) is 7.78. The van der Waals surface area contributed by atoms with E-state index >= 15 is 0 Å². The first-order valence-electron chi connectivity index (χ1n) is 8.28. The van der Waals surface area contributed by atoms with Crippen LogP contribution >= 0.6 is 0 Å². The summed E-state index contributed by atoms with van der Waals surface area (Å²) < 4.78 is 0. The number of rotatable bonds is 2. The van der Waals surface area contributed by atoms with Gasteiger partial charge in [0.1, 0.15) is 0 Å². The standard InChI is InChI=1S/C16H28N2O/c1-17-4-6-18(7-5-17)11-16(19)14-3-2-13-8-12(9-14)10-15(13)16/h12-15,19H,2-11H2,1H3/t12-,13+,14-,15+,16+/m0/s1. The Kier molecular flexibility index (Phi) is 2.95. The van der Waals surface area contributed by atoms with E-state index in [2.05, 4.69) is 16.8 Å². The van der Waals surface area contributed by atoms with Gasteiger partial charge in [-0.1, -0.05) is 0 Å². The van der Waals surface area contributed by atoms with Crippen LogP contribution in [0.2, 0.25) is 0 Å². The molecule has 0 aromatic carbocycles. The number of nitrogens with zero attached hydrogens (tertiary/aromatic N) is 2. The minimum Gasteiger partial charge on any atom is -0.388 e. The summed E-state index contributed by atoms with van der Waals surface area (Å²) in [4.78, 5) is 4.94. The third-order valence-corrected chi connectivity index (χ3v) is 6.72. The number of hydrogen-bond acceptors (Lipinski definition) is 3. The van der Waals surface area contributed by atoms with Crippen molar-refractivity contribution in [1.82, 2.24) is 9.80 Å². The van der Waals surface area contributed by atoms with Crippen LogP contribution in [-0.4, -0.2) is 60.3 Å². The third kappa shape index (κ3) is 1.97. The lowest BCUT2D eigenvalue weighted by atomic mass is 9.61. The summed E-state index contributed by atoms with van der Waals surface area (Å²) in [5.41, 5.74) is -0.341. The average molecular weight is 264 g/mol. The molecule has 0 aromatic heterocycles. The zero-order valence-electron chi connectivity index (χ0n) is 12.2. The van der Waals surface area contributed by atoms with Crippen molar-refractivity contribution >= 4 is 0 Å². The van der Waals surface area contributed by atoms with Crippen molar-refractivity contribution in [2.24, 2.45) is 23.7 Å². The van der Waals surface area contributed by atoms with E-state index in [1.807, 2.05) is 0 Å². The van der Waals surface area contributed by atoms with E-state index in [-0.39, 0.29) is 5.60 Å². The fraction of sp³-hybridized carbons (Fsp3) is 1.00. The van der Waals surface area contributed by atoms with E-state index in [0.717, 1.165) is 44.6 Å². The normalized spacial score (nSPS) is 50.8. The quantitative estimate of drug-likeness (QED) is 0.817. The summed E-state index contributed by atoms with van der Waals surface area (Å²) in [5, 5.41) is 11.4. The highest BCUT2D eigenvalue weighted by Crippen LogP contribution is 2.59. The topological polar surface area (TPSA) is 26.7 Å². The monoisotopic (exact) mass is 264 g/mol. The lowest BCUT2D eigenvalue weighted by Crippen LogP contribution is -2.60. The van der Waals surface area contributed by atoms with E-state index in [1.54, 1.807) is 0 Å². The molecule has 0 radical (unpaired) electrons. The van der Waals surface area contributed by atoms with Gasteiger partial charge in [0.05, 0.1) is 5.60 Å². The van der Waals surface area contributed by atoms with Gasteiger partial charge in [0, 0.05) is 32.7 Å². The summed E-state index contributed by atoms with van der Waals surface area (Å²) in [7, 11) is 2.20. The molecule has 0 unspecified atom stereocenters. The fourth-order valence-electron chi connectivity index (χ4n) is 5.67. The predicted molar refractivity (Wildman–Crippen MR) is 75.9 cm³/mol. The first-order valence-corrected chi connectivity index (χ1v) is 8.28. The second-order valence-corrected chi connectivity index (χ2v) is 7.78. The molecule has 4 aliphatic rings. The molecule has 1 saturated heterocycles. The summed E-state index contributed by atoms with van der Waals surface area (Å²) in [6.07, 6.45) is 6.76. The highest BCUT2D eigenvalue weighted by molar-refractivity contribution is 5.09. The van der Waals surface area contributed by atoms with Crippen molar-refractivity contribution < 1.29 is 5.11 Å². The van der Waals surface area contributed by atoms with Crippen LogP contribution in [-0.2, 0) is 0 Å². The summed E-state index contributed by atoms with van der Waals surface area (Å²) >= 11 is 0. The zero-order valence-corrected chi connectivity index (χ0v) is 12.2. The Balaban J connectivity index is 1.50. The Bertz CT molecular complexity index is 353. The molecule has 3 bridgehead atoms. The number of aliphatic hydroxyl groups is 1. The van der Waals surface area contributed by atoms with Crippen molar-refractivity contribution in [2.75, 3.05) is 39.8 Å². The SMILES string of the molecule is CN1CCN(C[C@@]2(O)[C@H]3CC[C@@H]4C[C@@H](C3)C[C@H]42)CC1. The lowest BCUT2D eigenvalue weighted by Gasteiger charge is -2.52. The van der Waals surface area contributed by atoms with E-state index in [1.165, 1.54) is 32.1 Å². The van der Waals surface area contributed by atoms with Gasteiger partial charge >= 0.3 is 0 Å². The van der Waals surface area contributed by atoms with Crippen LogP contribution in [0.25, 0.3) is 0 Å². The molecule has 3 aliphatic carbocycles. The molecular formula is C16H28N2O. The maximum absolute atomic E-state index is 11.4. The van der Waals surface area contributed by atoms with E-state index in [4.69, 9.17) is 0 Å². The molecule has 1 N–H and O–H groups in total. The maximum atomic E-state index is 11.4. The number of hydrogen-bond donors (Lipinski definition) is 1.